The fraction of sp³-hybridized carbons (Fsp3) is 0.217. The summed E-state index contributed by atoms with van der Waals surface area (Å²) in [6.45, 7) is 4.96. The summed E-state index contributed by atoms with van der Waals surface area (Å²) in [5.41, 5.74) is 5.64. The summed E-state index contributed by atoms with van der Waals surface area (Å²) in [5.74, 6) is 0. The smallest absolute Gasteiger partial charge is 0.193 e. The van der Waals surface area contributed by atoms with Crippen molar-refractivity contribution in [1.82, 2.24) is 29.7 Å². The quantitative estimate of drug-likeness (QED) is 0.455. The number of nitrogens with one attached hydrogen (secondary N) is 1. The van der Waals surface area contributed by atoms with Gasteiger partial charge in [-0.15, -0.1) is 11.3 Å². The highest BCUT2D eigenvalue weighted by Crippen LogP contribution is 2.42. The third-order valence-corrected chi connectivity index (χ3v) is 6.78. The largest absolute Gasteiger partial charge is 0.352 e. The van der Waals surface area contributed by atoms with Crippen LogP contribution in [0.5, 0.6) is 0 Å². The van der Waals surface area contributed by atoms with E-state index in [4.69, 9.17) is 12.2 Å². The van der Waals surface area contributed by atoms with Crippen molar-refractivity contribution in [3.05, 3.63) is 94.8 Å². The molecule has 31 heavy (non-hydrogen) atoms. The lowest BCUT2D eigenvalue weighted by molar-refractivity contribution is 0.310. The molecular weight excluding hydrogens is 424 g/mol. The minimum atomic E-state index is -0.0457. The average Bonchev–Trinajstić information content (AvgIpc) is 3.49. The number of thiazole rings is 1. The summed E-state index contributed by atoms with van der Waals surface area (Å²) >= 11 is 7.44. The van der Waals surface area contributed by atoms with Gasteiger partial charge in [-0.3, -0.25) is 14.5 Å². The molecule has 0 spiro atoms. The van der Waals surface area contributed by atoms with Gasteiger partial charge in [0.1, 0.15) is 0 Å². The van der Waals surface area contributed by atoms with Gasteiger partial charge < -0.3 is 10.2 Å². The van der Waals surface area contributed by atoms with Crippen LogP contribution < -0.4 is 5.32 Å². The molecule has 8 heteroatoms. The first-order valence-corrected chi connectivity index (χ1v) is 11.4. The number of thiocarbonyl (C=S) groups is 1. The molecular formula is C23H22N6S2. The molecule has 0 unspecified atom stereocenters. The fourth-order valence-corrected chi connectivity index (χ4v) is 5.37. The van der Waals surface area contributed by atoms with Crippen LogP contribution in [0, 0.1) is 13.8 Å². The molecule has 1 aliphatic rings. The Morgan fingerprint density at radius 3 is 2.71 bits per heavy atom. The predicted molar refractivity (Wildman–Crippen MR) is 126 cm³/mol. The van der Waals surface area contributed by atoms with Crippen molar-refractivity contribution >= 4 is 28.7 Å². The van der Waals surface area contributed by atoms with E-state index in [1.54, 1.807) is 17.5 Å². The first-order valence-electron chi connectivity index (χ1n) is 10.1. The highest BCUT2D eigenvalue weighted by Gasteiger charge is 2.41. The van der Waals surface area contributed by atoms with E-state index in [9.17, 15) is 0 Å². The molecule has 1 N–H and O–H groups in total. The third-order valence-electron chi connectivity index (χ3n) is 5.67. The molecule has 4 aromatic rings. The monoisotopic (exact) mass is 446 g/mol. The second-order valence-corrected chi connectivity index (χ2v) is 8.85. The number of pyridine rings is 2. The van der Waals surface area contributed by atoms with Gasteiger partial charge in [-0.05, 0) is 61.5 Å². The summed E-state index contributed by atoms with van der Waals surface area (Å²) in [6.07, 6.45) is 7.36. The minimum Gasteiger partial charge on any atom is -0.352 e. The van der Waals surface area contributed by atoms with E-state index in [2.05, 4.69) is 61.8 Å². The number of aryl methyl sites for hydroxylation is 1. The Labute approximate surface area is 190 Å². The van der Waals surface area contributed by atoms with Crippen LogP contribution in [-0.4, -0.2) is 29.5 Å². The van der Waals surface area contributed by atoms with Crippen LogP contribution >= 0.6 is 23.6 Å². The first kappa shape index (κ1) is 19.8. The molecule has 1 saturated heterocycles. The molecule has 156 valence electrons. The van der Waals surface area contributed by atoms with E-state index < -0.39 is 0 Å². The van der Waals surface area contributed by atoms with Crippen molar-refractivity contribution < 1.29 is 0 Å². The number of nitrogens with zero attached hydrogens (tertiary/aromatic N) is 5. The number of rotatable bonds is 5. The maximum atomic E-state index is 5.81. The Morgan fingerprint density at radius 1 is 1.10 bits per heavy atom. The molecule has 5 heterocycles. The zero-order chi connectivity index (χ0) is 21.4. The zero-order valence-corrected chi connectivity index (χ0v) is 18.9. The maximum absolute atomic E-state index is 5.81. The van der Waals surface area contributed by atoms with Gasteiger partial charge in [-0.2, -0.15) is 0 Å². The van der Waals surface area contributed by atoms with Crippen LogP contribution in [0.1, 0.15) is 40.3 Å². The molecule has 0 saturated carbocycles. The Balaban J connectivity index is 1.62. The Hall–Kier alpha value is -3.10. The van der Waals surface area contributed by atoms with Crippen molar-refractivity contribution in [1.29, 1.82) is 0 Å². The van der Waals surface area contributed by atoms with Crippen LogP contribution in [-0.2, 0) is 6.54 Å². The lowest BCUT2D eigenvalue weighted by Gasteiger charge is -2.28. The van der Waals surface area contributed by atoms with Crippen molar-refractivity contribution in [3.8, 4) is 5.13 Å². The molecule has 0 radical (unpaired) electrons. The second-order valence-electron chi connectivity index (χ2n) is 7.59. The molecule has 0 bridgehead atoms. The number of aromatic nitrogens is 4. The number of hydrogen-bond donors (Lipinski definition) is 1. The average molecular weight is 447 g/mol. The van der Waals surface area contributed by atoms with Gasteiger partial charge in [0, 0.05) is 48.1 Å². The Bertz CT molecular complexity index is 1190. The van der Waals surface area contributed by atoms with Crippen LogP contribution in [0.3, 0.4) is 0 Å². The highest BCUT2D eigenvalue weighted by molar-refractivity contribution is 7.80. The SMILES string of the molecule is Cc1cc([C@@H]2[C@@H](c3ccccn3)NC(=S)N2Cc2cccnc2)c(C)n1-c1nccs1. The first-order chi connectivity index (χ1) is 15.1. The van der Waals surface area contributed by atoms with Gasteiger partial charge in [-0.1, -0.05) is 12.1 Å². The normalized spacial score (nSPS) is 18.4. The molecule has 0 amide bonds. The van der Waals surface area contributed by atoms with Crippen LogP contribution in [0.15, 0.2) is 66.6 Å². The van der Waals surface area contributed by atoms with Gasteiger partial charge in [0.25, 0.3) is 0 Å². The summed E-state index contributed by atoms with van der Waals surface area (Å²) in [5, 5.41) is 7.24. The minimum absolute atomic E-state index is 0.00233. The maximum Gasteiger partial charge on any atom is 0.193 e. The van der Waals surface area contributed by atoms with E-state index in [1.165, 1.54) is 11.3 Å². The van der Waals surface area contributed by atoms with Crippen molar-refractivity contribution in [2.75, 3.05) is 0 Å². The Kier molecular flexibility index (Phi) is 5.25. The van der Waals surface area contributed by atoms with Gasteiger partial charge in [0.2, 0.25) is 0 Å². The summed E-state index contributed by atoms with van der Waals surface area (Å²) in [7, 11) is 0. The van der Waals surface area contributed by atoms with Crippen molar-refractivity contribution in [3.63, 3.8) is 0 Å². The lowest BCUT2D eigenvalue weighted by atomic mass is 9.96. The second kappa shape index (κ2) is 8.20. The lowest BCUT2D eigenvalue weighted by Crippen LogP contribution is -2.29. The fourth-order valence-electron chi connectivity index (χ4n) is 4.31. The zero-order valence-electron chi connectivity index (χ0n) is 17.3. The van der Waals surface area contributed by atoms with Gasteiger partial charge in [0.15, 0.2) is 10.2 Å². The van der Waals surface area contributed by atoms with E-state index >= 15 is 0 Å². The summed E-state index contributed by atoms with van der Waals surface area (Å²) in [4.78, 5) is 15.7. The summed E-state index contributed by atoms with van der Waals surface area (Å²) in [6, 6.07) is 12.3. The predicted octanol–water partition coefficient (Wildman–Crippen LogP) is 4.51. The topological polar surface area (TPSA) is 58.9 Å². The highest BCUT2D eigenvalue weighted by atomic mass is 32.1. The molecule has 0 aromatic carbocycles. The summed E-state index contributed by atoms with van der Waals surface area (Å²) < 4.78 is 2.22. The molecule has 1 fully saturated rings. The van der Waals surface area contributed by atoms with E-state index in [0.717, 1.165) is 27.2 Å². The Morgan fingerprint density at radius 2 is 2.00 bits per heavy atom. The van der Waals surface area contributed by atoms with Gasteiger partial charge >= 0.3 is 0 Å². The molecule has 5 rings (SSSR count). The molecule has 2 atom stereocenters. The van der Waals surface area contributed by atoms with E-state index in [-0.39, 0.29) is 12.1 Å². The van der Waals surface area contributed by atoms with Gasteiger partial charge in [-0.25, -0.2) is 4.98 Å². The molecule has 1 aliphatic heterocycles. The van der Waals surface area contributed by atoms with E-state index in [0.29, 0.717) is 6.54 Å². The third kappa shape index (κ3) is 3.62. The molecule has 0 aliphatic carbocycles. The van der Waals surface area contributed by atoms with Crippen LogP contribution in [0.25, 0.3) is 5.13 Å². The van der Waals surface area contributed by atoms with Gasteiger partial charge in [0.05, 0.1) is 17.8 Å². The standard InChI is InChI=1S/C23H22N6S2/c1-15-12-18(16(2)29(15)23-26-10-11-31-23)21-20(19-7-3-4-9-25-19)27-22(30)28(21)14-17-6-5-8-24-13-17/h3-13,20-21H,14H2,1-2H3,(H,27,30)/t20-,21-/m1/s1. The molecule has 4 aromatic heterocycles. The van der Waals surface area contributed by atoms with Crippen LogP contribution in [0.4, 0.5) is 0 Å². The number of hydrogen-bond acceptors (Lipinski definition) is 5. The van der Waals surface area contributed by atoms with E-state index in [1.807, 2.05) is 42.2 Å². The van der Waals surface area contributed by atoms with Crippen LogP contribution in [0.2, 0.25) is 0 Å². The van der Waals surface area contributed by atoms with Crippen molar-refractivity contribution in [2.24, 2.45) is 0 Å². The van der Waals surface area contributed by atoms with Crippen molar-refractivity contribution in [2.45, 2.75) is 32.5 Å². The molecule has 6 nitrogen and oxygen atoms in total.